The maximum atomic E-state index is 6.03. The van der Waals surface area contributed by atoms with Gasteiger partial charge in [0.05, 0.1) is 18.7 Å². The number of hydrogen-bond acceptors (Lipinski definition) is 2. The molecule has 0 N–H and O–H groups in total. The van der Waals surface area contributed by atoms with Crippen LogP contribution in [-0.2, 0) is 6.54 Å². The topological polar surface area (TPSA) is 12.5 Å². The van der Waals surface area contributed by atoms with E-state index in [2.05, 4.69) is 0 Å². The molecule has 0 fully saturated rings. The Kier molecular flexibility index (Phi) is 2.57. The Morgan fingerprint density at radius 1 is 1.43 bits per heavy atom. The van der Waals surface area contributed by atoms with E-state index in [-0.39, 0.29) is 0 Å². The zero-order valence-electron chi connectivity index (χ0n) is 7.63. The third-order valence-electron chi connectivity index (χ3n) is 2.14. The second-order valence-electron chi connectivity index (χ2n) is 3.06. The zero-order valence-corrected chi connectivity index (χ0v) is 9.14. The van der Waals surface area contributed by atoms with Crippen LogP contribution < -0.4 is 4.74 Å². The number of methoxy groups -OCH3 is 1. The summed E-state index contributed by atoms with van der Waals surface area (Å²) in [6.07, 6.45) is 1.71. The van der Waals surface area contributed by atoms with E-state index in [1.165, 1.54) is 4.42 Å². The van der Waals surface area contributed by atoms with Crippen molar-refractivity contribution in [1.82, 2.24) is 4.42 Å². The highest BCUT2D eigenvalue weighted by Gasteiger charge is 2.15. The molecule has 1 heterocycles. The summed E-state index contributed by atoms with van der Waals surface area (Å²) < 4.78 is 6.66. The summed E-state index contributed by atoms with van der Waals surface area (Å²) in [5.74, 6) is 0.820. The minimum atomic E-state index is 0.643. The van der Waals surface area contributed by atoms with Gasteiger partial charge >= 0.3 is 0 Å². The molecule has 2 nitrogen and oxygen atoms in total. The quantitative estimate of drug-likeness (QED) is 0.687. The molecule has 1 aromatic rings. The molecule has 0 saturated heterocycles. The van der Waals surface area contributed by atoms with Gasteiger partial charge in [-0.05, 0) is 29.3 Å². The van der Waals surface area contributed by atoms with Gasteiger partial charge in [-0.25, -0.2) is 0 Å². The Labute approximate surface area is 92.8 Å². The highest BCUT2D eigenvalue weighted by molar-refractivity contribution is 6.49. The monoisotopic (exact) mass is 229 g/mol. The third-order valence-corrected chi connectivity index (χ3v) is 2.66. The lowest BCUT2D eigenvalue weighted by molar-refractivity contribution is 0.413. The van der Waals surface area contributed by atoms with Crippen LogP contribution in [0, 0.1) is 0 Å². The molecule has 1 aromatic carbocycles. The van der Waals surface area contributed by atoms with Gasteiger partial charge in [-0.1, -0.05) is 11.6 Å². The van der Waals surface area contributed by atoms with Gasteiger partial charge in [0.1, 0.15) is 5.75 Å². The van der Waals surface area contributed by atoms with Gasteiger partial charge in [0, 0.05) is 18.0 Å². The Balaban J connectivity index is 2.47. The first-order valence-electron chi connectivity index (χ1n) is 4.18. The summed E-state index contributed by atoms with van der Waals surface area (Å²) in [4.78, 5) is 0. The van der Waals surface area contributed by atoms with Crippen molar-refractivity contribution in [3.8, 4) is 5.75 Å². The Morgan fingerprint density at radius 2 is 2.21 bits per heavy atom. The predicted octanol–water partition coefficient (Wildman–Crippen LogP) is 3.20. The largest absolute Gasteiger partial charge is 0.497 e. The number of nitrogens with zero attached hydrogens (tertiary/aromatic N) is 1. The normalized spacial score (nSPS) is 14.8. The van der Waals surface area contributed by atoms with Crippen molar-refractivity contribution in [2.45, 2.75) is 6.54 Å². The van der Waals surface area contributed by atoms with E-state index in [1.54, 1.807) is 13.3 Å². The fraction of sp³-hybridized carbons (Fsp3) is 0.200. The summed E-state index contributed by atoms with van der Waals surface area (Å²) in [5, 5.41) is 0.656. The first-order valence-corrected chi connectivity index (χ1v) is 4.89. The third kappa shape index (κ3) is 1.68. The average molecular weight is 230 g/mol. The molecule has 0 spiro atoms. The highest BCUT2D eigenvalue weighted by atomic mass is 35.5. The lowest BCUT2D eigenvalue weighted by Crippen LogP contribution is -2.10. The minimum absolute atomic E-state index is 0.643. The van der Waals surface area contributed by atoms with Crippen molar-refractivity contribution in [1.29, 1.82) is 0 Å². The van der Waals surface area contributed by atoms with Crippen LogP contribution in [0.2, 0.25) is 0 Å². The SMILES string of the molecule is COc1ccc2c(c1)CN(Cl)C=C2Cl. The van der Waals surface area contributed by atoms with Gasteiger partial charge in [0.2, 0.25) is 0 Å². The molecular formula is C10H9Cl2NO. The van der Waals surface area contributed by atoms with Crippen LogP contribution in [0.15, 0.2) is 24.4 Å². The first-order chi connectivity index (χ1) is 6.70. The van der Waals surface area contributed by atoms with Gasteiger partial charge < -0.3 is 4.74 Å². The summed E-state index contributed by atoms with van der Waals surface area (Å²) >= 11 is 11.9. The molecule has 0 unspecified atom stereocenters. The van der Waals surface area contributed by atoms with E-state index in [9.17, 15) is 0 Å². The number of ether oxygens (including phenoxy) is 1. The molecule has 0 amide bonds. The molecule has 1 aliphatic heterocycles. The van der Waals surface area contributed by atoms with E-state index >= 15 is 0 Å². The fourth-order valence-electron chi connectivity index (χ4n) is 1.46. The molecule has 0 aromatic heterocycles. The van der Waals surface area contributed by atoms with Crippen molar-refractivity contribution in [2.24, 2.45) is 0 Å². The molecule has 14 heavy (non-hydrogen) atoms. The molecule has 0 radical (unpaired) electrons. The van der Waals surface area contributed by atoms with Gasteiger partial charge in [-0.2, -0.15) is 0 Å². The molecule has 1 aliphatic rings. The van der Waals surface area contributed by atoms with Crippen molar-refractivity contribution in [2.75, 3.05) is 7.11 Å². The molecular weight excluding hydrogens is 221 g/mol. The van der Waals surface area contributed by atoms with E-state index in [4.69, 9.17) is 28.1 Å². The van der Waals surface area contributed by atoms with Crippen LogP contribution in [0.3, 0.4) is 0 Å². The van der Waals surface area contributed by atoms with Gasteiger partial charge in [0.15, 0.2) is 0 Å². The molecule has 0 bridgehead atoms. The zero-order chi connectivity index (χ0) is 10.1. The second-order valence-corrected chi connectivity index (χ2v) is 3.90. The standard InChI is InChI=1S/C10H9Cl2NO/c1-14-8-2-3-9-7(4-8)5-13(12)6-10(9)11/h2-4,6H,5H2,1H3. The van der Waals surface area contributed by atoms with E-state index in [1.807, 2.05) is 18.2 Å². The van der Waals surface area contributed by atoms with E-state index < -0.39 is 0 Å². The van der Waals surface area contributed by atoms with Crippen molar-refractivity contribution in [3.05, 3.63) is 35.5 Å². The van der Waals surface area contributed by atoms with Crippen LogP contribution in [0.4, 0.5) is 0 Å². The van der Waals surface area contributed by atoms with Gasteiger partial charge in [-0.3, -0.25) is 4.42 Å². The molecule has 0 atom stereocenters. The number of rotatable bonds is 1. The summed E-state index contributed by atoms with van der Waals surface area (Å²) in [5.41, 5.74) is 2.09. The predicted molar refractivity (Wildman–Crippen MR) is 58.2 cm³/mol. The number of hydrogen-bond donors (Lipinski definition) is 0. The Hall–Kier alpha value is -0.860. The second kappa shape index (κ2) is 3.71. The molecule has 0 saturated carbocycles. The van der Waals surface area contributed by atoms with Crippen molar-refractivity contribution in [3.63, 3.8) is 0 Å². The van der Waals surface area contributed by atoms with E-state index in [0.717, 1.165) is 16.9 Å². The van der Waals surface area contributed by atoms with Crippen LogP contribution in [0.25, 0.3) is 5.03 Å². The fourth-order valence-corrected chi connectivity index (χ4v) is 2.04. The summed E-state index contributed by atoms with van der Waals surface area (Å²) in [6, 6.07) is 5.77. The van der Waals surface area contributed by atoms with Crippen LogP contribution in [-0.4, -0.2) is 11.5 Å². The number of fused-ring (bicyclic) bond motifs is 1. The first kappa shape index (κ1) is 9.69. The maximum absolute atomic E-state index is 6.03. The van der Waals surface area contributed by atoms with E-state index in [0.29, 0.717) is 11.6 Å². The lowest BCUT2D eigenvalue weighted by atomic mass is 10.0. The summed E-state index contributed by atoms with van der Waals surface area (Å²) in [7, 11) is 1.64. The molecule has 4 heteroatoms. The smallest absolute Gasteiger partial charge is 0.119 e. The van der Waals surface area contributed by atoms with Gasteiger partial charge in [0.25, 0.3) is 0 Å². The number of benzene rings is 1. The maximum Gasteiger partial charge on any atom is 0.119 e. The van der Waals surface area contributed by atoms with Crippen molar-refractivity contribution >= 4 is 28.4 Å². The average Bonchev–Trinajstić information content (AvgIpc) is 2.16. The van der Waals surface area contributed by atoms with Crippen LogP contribution in [0.5, 0.6) is 5.75 Å². The molecule has 0 aliphatic carbocycles. The van der Waals surface area contributed by atoms with Crippen LogP contribution in [0.1, 0.15) is 11.1 Å². The Bertz CT molecular complexity index is 390. The van der Waals surface area contributed by atoms with Crippen LogP contribution >= 0.6 is 23.4 Å². The van der Waals surface area contributed by atoms with Gasteiger partial charge in [-0.15, -0.1) is 0 Å². The summed E-state index contributed by atoms with van der Waals surface area (Å²) in [6.45, 7) is 0.643. The molecule has 2 rings (SSSR count). The highest BCUT2D eigenvalue weighted by Crippen LogP contribution is 2.32. The Morgan fingerprint density at radius 3 is 2.93 bits per heavy atom. The molecule has 74 valence electrons. The lowest BCUT2D eigenvalue weighted by Gasteiger charge is -2.20. The minimum Gasteiger partial charge on any atom is -0.497 e. The number of halogens is 2. The van der Waals surface area contributed by atoms with Crippen molar-refractivity contribution < 1.29 is 4.74 Å².